The lowest BCUT2D eigenvalue weighted by Gasteiger charge is -2.12. The van der Waals surface area contributed by atoms with Gasteiger partial charge in [-0.3, -0.25) is 4.79 Å². The molecule has 0 spiro atoms. The van der Waals surface area contributed by atoms with Crippen molar-refractivity contribution in [3.8, 4) is 11.1 Å². The molecule has 0 saturated heterocycles. The fourth-order valence-corrected chi connectivity index (χ4v) is 3.39. The second-order valence-corrected chi connectivity index (χ2v) is 8.39. The van der Waals surface area contributed by atoms with Crippen LogP contribution >= 0.6 is 0 Å². The van der Waals surface area contributed by atoms with Crippen LogP contribution in [0.4, 0.5) is 18.9 Å². The molecule has 0 heterocycles. The van der Waals surface area contributed by atoms with E-state index in [1.165, 1.54) is 36.4 Å². The highest BCUT2D eigenvalue weighted by Crippen LogP contribution is 2.32. The van der Waals surface area contributed by atoms with Crippen molar-refractivity contribution in [1.29, 1.82) is 0 Å². The second kappa shape index (κ2) is 7.71. The molecule has 0 aliphatic carbocycles. The number of hydrogen-bond donors (Lipinski definition) is 1. The van der Waals surface area contributed by atoms with Crippen molar-refractivity contribution in [2.75, 3.05) is 11.6 Å². The normalized spacial score (nSPS) is 11.9. The Kier molecular flexibility index (Phi) is 5.48. The molecular weight excluding hydrogens is 403 g/mol. The van der Waals surface area contributed by atoms with E-state index in [9.17, 15) is 26.4 Å². The van der Waals surface area contributed by atoms with Gasteiger partial charge >= 0.3 is 6.18 Å². The van der Waals surface area contributed by atoms with Gasteiger partial charge in [0.1, 0.15) is 0 Å². The first-order valence-corrected chi connectivity index (χ1v) is 10.3. The minimum Gasteiger partial charge on any atom is -0.322 e. The van der Waals surface area contributed by atoms with Crippen LogP contribution in [0.3, 0.4) is 0 Å². The summed E-state index contributed by atoms with van der Waals surface area (Å²) in [6.45, 7) is 0. The number of benzene rings is 3. The number of alkyl halides is 3. The van der Waals surface area contributed by atoms with E-state index in [0.29, 0.717) is 16.8 Å². The number of hydrogen-bond acceptors (Lipinski definition) is 3. The number of nitrogens with one attached hydrogen (secondary N) is 1. The molecule has 0 bridgehead atoms. The minimum absolute atomic E-state index is 0.126. The zero-order chi connectivity index (χ0) is 21.2. The first-order valence-electron chi connectivity index (χ1n) is 8.44. The van der Waals surface area contributed by atoms with Gasteiger partial charge in [-0.1, -0.05) is 30.3 Å². The zero-order valence-corrected chi connectivity index (χ0v) is 16.0. The highest BCUT2D eigenvalue weighted by Gasteiger charge is 2.30. The van der Waals surface area contributed by atoms with Crippen LogP contribution in [-0.4, -0.2) is 20.6 Å². The molecule has 0 unspecified atom stereocenters. The second-order valence-electron chi connectivity index (χ2n) is 6.37. The number of amides is 1. The van der Waals surface area contributed by atoms with Gasteiger partial charge in [0.15, 0.2) is 9.84 Å². The number of anilines is 1. The molecule has 29 heavy (non-hydrogen) atoms. The fourth-order valence-electron chi connectivity index (χ4n) is 2.76. The number of carbonyl (C=O) groups excluding carboxylic acids is 1. The minimum atomic E-state index is -4.44. The monoisotopic (exact) mass is 419 g/mol. The number of sulfone groups is 1. The van der Waals surface area contributed by atoms with Crippen LogP contribution in [0, 0.1) is 0 Å². The molecule has 0 aromatic heterocycles. The average molecular weight is 419 g/mol. The molecular formula is C21H16F3NO3S. The van der Waals surface area contributed by atoms with Crippen molar-refractivity contribution in [3.63, 3.8) is 0 Å². The predicted molar refractivity (Wildman–Crippen MR) is 104 cm³/mol. The summed E-state index contributed by atoms with van der Waals surface area (Å²) in [5.41, 5.74) is 0.848. The molecule has 3 rings (SSSR count). The van der Waals surface area contributed by atoms with E-state index in [-0.39, 0.29) is 10.5 Å². The summed E-state index contributed by atoms with van der Waals surface area (Å²) in [6, 6.07) is 16.8. The summed E-state index contributed by atoms with van der Waals surface area (Å²) in [5, 5.41) is 2.67. The fraction of sp³-hybridized carbons (Fsp3) is 0.0952. The maximum Gasteiger partial charge on any atom is 0.416 e. The lowest BCUT2D eigenvalue weighted by atomic mass is 9.98. The van der Waals surface area contributed by atoms with Crippen LogP contribution in [0.15, 0.2) is 77.7 Å². The van der Waals surface area contributed by atoms with E-state index >= 15 is 0 Å². The molecule has 150 valence electrons. The van der Waals surface area contributed by atoms with Crippen molar-refractivity contribution < 1.29 is 26.4 Å². The molecule has 0 aliphatic rings. The van der Waals surface area contributed by atoms with Gasteiger partial charge in [-0.15, -0.1) is 0 Å². The Labute approximate surface area is 165 Å². The maximum atomic E-state index is 12.8. The largest absolute Gasteiger partial charge is 0.416 e. The number of carbonyl (C=O) groups is 1. The third-order valence-electron chi connectivity index (χ3n) is 4.24. The van der Waals surface area contributed by atoms with E-state index in [1.807, 2.05) is 0 Å². The van der Waals surface area contributed by atoms with Crippen molar-refractivity contribution >= 4 is 21.4 Å². The van der Waals surface area contributed by atoms with Crippen molar-refractivity contribution in [2.45, 2.75) is 11.1 Å². The molecule has 0 saturated carbocycles. The average Bonchev–Trinajstić information content (AvgIpc) is 2.67. The van der Waals surface area contributed by atoms with Gasteiger partial charge in [0.2, 0.25) is 0 Å². The van der Waals surface area contributed by atoms with Gasteiger partial charge in [-0.25, -0.2) is 8.42 Å². The molecule has 0 atom stereocenters. The molecule has 0 fully saturated rings. The molecule has 1 N–H and O–H groups in total. The Morgan fingerprint density at radius 1 is 0.862 bits per heavy atom. The van der Waals surface area contributed by atoms with Gasteiger partial charge in [-0.05, 0) is 53.6 Å². The van der Waals surface area contributed by atoms with Crippen molar-refractivity contribution in [2.24, 2.45) is 0 Å². The Morgan fingerprint density at radius 3 is 2.00 bits per heavy atom. The first-order chi connectivity index (χ1) is 13.6. The summed E-state index contributed by atoms with van der Waals surface area (Å²) in [4.78, 5) is 12.8. The van der Waals surface area contributed by atoms with Gasteiger partial charge < -0.3 is 5.32 Å². The van der Waals surface area contributed by atoms with Crippen molar-refractivity contribution in [3.05, 3.63) is 83.9 Å². The van der Waals surface area contributed by atoms with Gasteiger partial charge in [-0.2, -0.15) is 13.2 Å². The van der Waals surface area contributed by atoms with Crippen LogP contribution in [0.25, 0.3) is 11.1 Å². The third-order valence-corrected chi connectivity index (χ3v) is 5.36. The Morgan fingerprint density at radius 2 is 1.45 bits per heavy atom. The van der Waals surface area contributed by atoms with Gasteiger partial charge in [0.05, 0.1) is 10.5 Å². The summed E-state index contributed by atoms with van der Waals surface area (Å²) < 4.78 is 61.4. The molecule has 4 nitrogen and oxygen atoms in total. The van der Waals surface area contributed by atoms with Crippen LogP contribution < -0.4 is 5.32 Å². The molecule has 3 aromatic rings. The lowest BCUT2D eigenvalue weighted by molar-refractivity contribution is -0.137. The zero-order valence-electron chi connectivity index (χ0n) is 15.2. The first kappa shape index (κ1) is 20.6. The van der Waals surface area contributed by atoms with Crippen molar-refractivity contribution in [1.82, 2.24) is 0 Å². The van der Waals surface area contributed by atoms with E-state index in [0.717, 1.165) is 18.4 Å². The van der Waals surface area contributed by atoms with Crippen LogP contribution in [0.1, 0.15) is 15.9 Å². The molecule has 0 aliphatic heterocycles. The summed E-state index contributed by atoms with van der Waals surface area (Å²) in [5.74, 6) is -0.465. The molecule has 0 radical (unpaired) electrons. The third kappa shape index (κ3) is 4.83. The summed E-state index contributed by atoms with van der Waals surface area (Å²) >= 11 is 0. The standard InChI is InChI=1S/C21H16F3NO3S/c1-29(27,28)17-12-10-16(11-13-17)25-20(26)19-5-3-2-4-18(19)14-6-8-15(9-7-14)21(22,23)24/h2-13H,1H3,(H,25,26). The van der Waals surface area contributed by atoms with E-state index < -0.39 is 27.5 Å². The number of halogens is 3. The van der Waals surface area contributed by atoms with E-state index in [4.69, 9.17) is 0 Å². The highest BCUT2D eigenvalue weighted by molar-refractivity contribution is 7.90. The quantitative estimate of drug-likeness (QED) is 0.645. The number of rotatable bonds is 4. The van der Waals surface area contributed by atoms with E-state index in [1.54, 1.807) is 24.3 Å². The van der Waals surface area contributed by atoms with Crippen LogP contribution in [0.2, 0.25) is 0 Å². The molecule has 8 heteroatoms. The lowest BCUT2D eigenvalue weighted by Crippen LogP contribution is -2.13. The van der Waals surface area contributed by atoms with Crippen LogP contribution in [0.5, 0.6) is 0 Å². The predicted octanol–water partition coefficient (Wildman–Crippen LogP) is 5.03. The Hall–Kier alpha value is -3.13. The highest BCUT2D eigenvalue weighted by atomic mass is 32.2. The van der Waals surface area contributed by atoms with Crippen LogP contribution in [-0.2, 0) is 16.0 Å². The van der Waals surface area contributed by atoms with Gasteiger partial charge in [0, 0.05) is 17.5 Å². The topological polar surface area (TPSA) is 63.2 Å². The molecule has 3 aromatic carbocycles. The SMILES string of the molecule is CS(=O)(=O)c1ccc(NC(=O)c2ccccc2-c2ccc(C(F)(F)F)cc2)cc1. The Bertz CT molecular complexity index is 1140. The van der Waals surface area contributed by atoms with Gasteiger partial charge in [0.25, 0.3) is 5.91 Å². The maximum absolute atomic E-state index is 12.8. The summed E-state index contributed by atoms with van der Waals surface area (Å²) in [7, 11) is -3.35. The smallest absolute Gasteiger partial charge is 0.322 e. The molecule has 1 amide bonds. The Balaban J connectivity index is 1.87. The summed E-state index contributed by atoms with van der Waals surface area (Å²) in [6.07, 6.45) is -3.35. The van der Waals surface area contributed by atoms with E-state index in [2.05, 4.69) is 5.32 Å².